The molecule has 0 radical (unpaired) electrons. The van der Waals surface area contributed by atoms with Crippen LogP contribution in [0.15, 0.2) is 17.5 Å². The zero-order valence-electron chi connectivity index (χ0n) is 5.44. The second kappa shape index (κ2) is 2.70. The van der Waals surface area contributed by atoms with Gasteiger partial charge in [0.15, 0.2) is 0 Å². The van der Waals surface area contributed by atoms with Crippen LogP contribution in [0.1, 0.15) is 0 Å². The lowest BCUT2D eigenvalue weighted by Crippen LogP contribution is -2.22. The molecule has 0 aliphatic heterocycles. The summed E-state index contributed by atoms with van der Waals surface area (Å²) in [6, 6.07) is 3.58. The van der Waals surface area contributed by atoms with Crippen molar-refractivity contribution in [3.05, 3.63) is 17.5 Å². The van der Waals surface area contributed by atoms with E-state index in [2.05, 4.69) is 0 Å². The van der Waals surface area contributed by atoms with Crippen LogP contribution >= 0.6 is 11.3 Å². The van der Waals surface area contributed by atoms with Crippen LogP contribution in [0.5, 0.6) is 0 Å². The third-order valence-electron chi connectivity index (χ3n) is 1.12. The van der Waals surface area contributed by atoms with Gasteiger partial charge in [-0.15, -0.1) is 11.3 Å². The van der Waals surface area contributed by atoms with Crippen LogP contribution < -0.4 is 4.90 Å². The Morgan fingerprint density at radius 3 is 2.90 bits per heavy atom. The number of carbonyl (C=O) groups is 1. The van der Waals surface area contributed by atoms with E-state index in [1.165, 1.54) is 23.3 Å². The molecule has 0 bridgehead atoms. The van der Waals surface area contributed by atoms with E-state index < -0.39 is 6.09 Å². The van der Waals surface area contributed by atoms with Crippen molar-refractivity contribution in [1.82, 2.24) is 0 Å². The summed E-state index contributed by atoms with van der Waals surface area (Å²) in [7, 11) is 1.52. The molecule has 0 aliphatic rings. The van der Waals surface area contributed by atoms with Crippen molar-refractivity contribution in [2.75, 3.05) is 11.9 Å². The topological polar surface area (TPSA) is 40.5 Å². The maximum atomic E-state index is 10.3. The Balaban J connectivity index is 2.77. The van der Waals surface area contributed by atoms with Gasteiger partial charge in [0.1, 0.15) is 5.00 Å². The molecular formula is C6H7NO2S. The number of hydrogen-bond donors (Lipinski definition) is 1. The molecule has 10 heavy (non-hydrogen) atoms. The molecule has 1 aromatic heterocycles. The molecule has 1 N–H and O–H groups in total. The number of amides is 1. The SMILES string of the molecule is CN(C(=O)O)c1cccs1. The van der Waals surface area contributed by atoms with Gasteiger partial charge in [-0.1, -0.05) is 0 Å². The van der Waals surface area contributed by atoms with Crippen molar-refractivity contribution in [2.45, 2.75) is 0 Å². The van der Waals surface area contributed by atoms with Gasteiger partial charge in [0.05, 0.1) is 0 Å². The van der Waals surface area contributed by atoms with Crippen LogP contribution in [0.4, 0.5) is 9.80 Å². The lowest BCUT2D eigenvalue weighted by molar-refractivity contribution is 0.203. The molecule has 1 heterocycles. The van der Waals surface area contributed by atoms with E-state index in [1.807, 2.05) is 11.4 Å². The van der Waals surface area contributed by atoms with Gasteiger partial charge < -0.3 is 5.11 Å². The zero-order chi connectivity index (χ0) is 7.56. The summed E-state index contributed by atoms with van der Waals surface area (Å²) < 4.78 is 0. The van der Waals surface area contributed by atoms with Gasteiger partial charge in [0, 0.05) is 7.05 Å². The normalized spacial score (nSPS) is 9.30. The van der Waals surface area contributed by atoms with Gasteiger partial charge in [0.2, 0.25) is 0 Å². The van der Waals surface area contributed by atoms with Crippen LogP contribution in [0.2, 0.25) is 0 Å². The minimum absolute atomic E-state index is 0.743. The largest absolute Gasteiger partial charge is 0.465 e. The summed E-state index contributed by atoms with van der Waals surface area (Å²) in [5.41, 5.74) is 0. The van der Waals surface area contributed by atoms with E-state index >= 15 is 0 Å². The number of carboxylic acid groups (broad SMARTS) is 1. The molecule has 0 spiro atoms. The molecular weight excluding hydrogens is 150 g/mol. The molecule has 0 saturated heterocycles. The predicted octanol–water partition coefficient (Wildman–Crippen LogP) is 1.86. The van der Waals surface area contributed by atoms with Crippen molar-refractivity contribution >= 4 is 22.4 Å². The Labute approximate surface area is 62.5 Å². The summed E-state index contributed by atoms with van der Waals surface area (Å²) in [5.74, 6) is 0. The molecule has 0 saturated carbocycles. The first-order chi connectivity index (χ1) is 4.72. The highest BCUT2D eigenvalue weighted by molar-refractivity contribution is 7.14. The van der Waals surface area contributed by atoms with Crippen molar-refractivity contribution in [2.24, 2.45) is 0 Å². The average molecular weight is 157 g/mol. The van der Waals surface area contributed by atoms with Gasteiger partial charge in [-0.25, -0.2) is 4.79 Å². The number of nitrogens with zero attached hydrogens (tertiary/aromatic N) is 1. The predicted molar refractivity (Wildman–Crippen MR) is 40.7 cm³/mol. The molecule has 0 aliphatic carbocycles. The molecule has 1 rings (SSSR count). The van der Waals surface area contributed by atoms with Crippen LogP contribution in [0.25, 0.3) is 0 Å². The van der Waals surface area contributed by atoms with E-state index in [4.69, 9.17) is 5.11 Å². The van der Waals surface area contributed by atoms with Gasteiger partial charge in [-0.2, -0.15) is 0 Å². The lowest BCUT2D eigenvalue weighted by atomic mass is 10.6. The van der Waals surface area contributed by atoms with Crippen LogP contribution in [0, 0.1) is 0 Å². The highest BCUT2D eigenvalue weighted by Crippen LogP contribution is 2.19. The van der Waals surface area contributed by atoms with E-state index in [0.29, 0.717) is 0 Å². The second-order valence-electron chi connectivity index (χ2n) is 1.79. The number of rotatable bonds is 1. The van der Waals surface area contributed by atoms with Crippen molar-refractivity contribution in [1.29, 1.82) is 0 Å². The fraction of sp³-hybridized carbons (Fsp3) is 0.167. The number of thiophene rings is 1. The number of hydrogen-bond acceptors (Lipinski definition) is 2. The Morgan fingerprint density at radius 2 is 2.50 bits per heavy atom. The number of anilines is 1. The van der Waals surface area contributed by atoms with Crippen LogP contribution in [0.3, 0.4) is 0 Å². The molecule has 4 heteroatoms. The first kappa shape index (κ1) is 7.08. The minimum atomic E-state index is -0.928. The Bertz CT molecular complexity index is 220. The minimum Gasteiger partial charge on any atom is -0.465 e. The third-order valence-corrected chi connectivity index (χ3v) is 2.07. The zero-order valence-corrected chi connectivity index (χ0v) is 6.26. The Kier molecular flexibility index (Phi) is 1.91. The third kappa shape index (κ3) is 1.27. The second-order valence-corrected chi connectivity index (χ2v) is 2.72. The summed E-state index contributed by atoms with van der Waals surface area (Å²) in [6.07, 6.45) is -0.928. The summed E-state index contributed by atoms with van der Waals surface area (Å²) in [5, 5.41) is 11.1. The maximum absolute atomic E-state index is 10.3. The molecule has 3 nitrogen and oxygen atoms in total. The molecule has 0 atom stereocenters. The molecule has 1 amide bonds. The molecule has 0 fully saturated rings. The van der Waals surface area contributed by atoms with Crippen molar-refractivity contribution < 1.29 is 9.90 Å². The summed E-state index contributed by atoms with van der Waals surface area (Å²) in [4.78, 5) is 11.5. The Hall–Kier alpha value is -1.03. The van der Waals surface area contributed by atoms with E-state index in [1.54, 1.807) is 6.07 Å². The van der Waals surface area contributed by atoms with Gasteiger partial charge in [0.25, 0.3) is 0 Å². The lowest BCUT2D eigenvalue weighted by Gasteiger charge is -2.08. The smallest absolute Gasteiger partial charge is 0.412 e. The van der Waals surface area contributed by atoms with E-state index in [0.717, 1.165) is 5.00 Å². The fourth-order valence-corrected chi connectivity index (χ4v) is 1.24. The fourth-order valence-electron chi connectivity index (χ4n) is 0.555. The van der Waals surface area contributed by atoms with E-state index in [9.17, 15) is 4.79 Å². The van der Waals surface area contributed by atoms with Crippen molar-refractivity contribution in [3.63, 3.8) is 0 Å². The quantitative estimate of drug-likeness (QED) is 0.676. The van der Waals surface area contributed by atoms with Gasteiger partial charge in [-0.3, -0.25) is 4.90 Å². The van der Waals surface area contributed by atoms with Gasteiger partial charge >= 0.3 is 6.09 Å². The molecule has 0 unspecified atom stereocenters. The standard InChI is InChI=1S/C6H7NO2S/c1-7(6(8)9)5-3-2-4-10-5/h2-4H,1H3,(H,8,9). The first-order valence-electron chi connectivity index (χ1n) is 2.72. The highest BCUT2D eigenvalue weighted by atomic mass is 32.1. The molecule has 0 aromatic carbocycles. The molecule has 54 valence electrons. The highest BCUT2D eigenvalue weighted by Gasteiger charge is 2.07. The van der Waals surface area contributed by atoms with Crippen LogP contribution in [-0.2, 0) is 0 Å². The van der Waals surface area contributed by atoms with Crippen LogP contribution in [-0.4, -0.2) is 18.2 Å². The van der Waals surface area contributed by atoms with Gasteiger partial charge in [-0.05, 0) is 17.5 Å². The van der Waals surface area contributed by atoms with Crippen molar-refractivity contribution in [3.8, 4) is 0 Å². The summed E-state index contributed by atoms with van der Waals surface area (Å²) >= 11 is 1.40. The van der Waals surface area contributed by atoms with E-state index in [-0.39, 0.29) is 0 Å². The summed E-state index contributed by atoms with van der Waals surface area (Å²) in [6.45, 7) is 0. The monoisotopic (exact) mass is 157 g/mol. The first-order valence-corrected chi connectivity index (χ1v) is 3.60. The average Bonchev–Trinajstić information content (AvgIpc) is 2.36. The maximum Gasteiger partial charge on any atom is 0.412 e. The Morgan fingerprint density at radius 1 is 1.80 bits per heavy atom. The molecule has 1 aromatic rings.